The fourth-order valence-electron chi connectivity index (χ4n) is 4.61. The number of fused-ring (bicyclic) bond motifs is 1. The van der Waals surface area contributed by atoms with Crippen molar-refractivity contribution in [3.63, 3.8) is 0 Å². The van der Waals surface area contributed by atoms with E-state index in [9.17, 15) is 13.2 Å². The topological polar surface area (TPSA) is 126 Å². The van der Waals surface area contributed by atoms with Crippen LogP contribution in [0.15, 0.2) is 42.7 Å². The van der Waals surface area contributed by atoms with Gasteiger partial charge >= 0.3 is 6.36 Å². The van der Waals surface area contributed by atoms with Crippen molar-refractivity contribution < 1.29 is 32.5 Å². The van der Waals surface area contributed by atoms with E-state index in [1.54, 1.807) is 18.5 Å². The Kier molecular flexibility index (Phi) is 8.99. The molecule has 0 saturated heterocycles. The van der Waals surface area contributed by atoms with Gasteiger partial charge in [-0.2, -0.15) is 5.10 Å². The van der Waals surface area contributed by atoms with E-state index in [1.165, 1.54) is 17.6 Å². The van der Waals surface area contributed by atoms with Crippen molar-refractivity contribution >= 4 is 28.1 Å². The minimum Gasteiger partial charge on any atom is -0.491 e. The molecule has 4 aromatic rings. The van der Waals surface area contributed by atoms with Gasteiger partial charge in [-0.1, -0.05) is 4.49 Å². The van der Waals surface area contributed by atoms with E-state index >= 15 is 0 Å². The predicted molar refractivity (Wildman–Crippen MR) is 143 cm³/mol. The molecule has 0 amide bonds. The van der Waals surface area contributed by atoms with Crippen molar-refractivity contribution in [3.8, 4) is 21.9 Å². The number of benzene rings is 2. The molecule has 0 atom stereocenters. The molecule has 10 nitrogen and oxygen atoms in total. The van der Waals surface area contributed by atoms with Crippen LogP contribution in [0.4, 0.5) is 18.9 Å². The largest absolute Gasteiger partial charge is 0.573 e. The molecule has 2 aromatic carbocycles. The number of aromatic amines is 1. The molecule has 5 rings (SSSR count). The molecule has 1 aliphatic rings. The monoisotopic (exact) mass is 578 g/mol. The van der Waals surface area contributed by atoms with Gasteiger partial charge in [-0.05, 0) is 65.7 Å². The third kappa shape index (κ3) is 7.59. The molecule has 0 bridgehead atoms. The molecule has 2 aromatic heterocycles. The Bertz CT molecular complexity index is 1380. The standard InChI is InChI=1S/C26H29F3N6O4S/c27-26(28,29)39-21-8-16(7-20(11-21)38-4-2-36)12-31-19-5-17(6-19)15-37-3-1-30-23-9-18(25-14-33-35-40-25)10-24-22(23)13-32-34-24/h7-11,13-14,17,19,30-31,36H,1-6,12,15H2,(H,32,34). The lowest BCUT2D eigenvalue weighted by atomic mass is 9.81. The zero-order chi connectivity index (χ0) is 28.0. The summed E-state index contributed by atoms with van der Waals surface area (Å²) in [5, 5.41) is 27.8. The third-order valence-electron chi connectivity index (χ3n) is 6.48. The number of aliphatic hydroxyl groups is 1. The van der Waals surface area contributed by atoms with Gasteiger partial charge in [-0.15, -0.1) is 18.3 Å². The fourth-order valence-corrected chi connectivity index (χ4v) is 5.11. The lowest BCUT2D eigenvalue weighted by molar-refractivity contribution is -0.274. The zero-order valence-corrected chi connectivity index (χ0v) is 22.2. The van der Waals surface area contributed by atoms with Crippen molar-refractivity contribution in [2.75, 3.05) is 38.3 Å². The summed E-state index contributed by atoms with van der Waals surface area (Å²) >= 11 is 1.33. The van der Waals surface area contributed by atoms with Crippen LogP contribution < -0.4 is 20.1 Å². The maximum atomic E-state index is 12.7. The molecule has 1 saturated carbocycles. The zero-order valence-electron chi connectivity index (χ0n) is 21.4. The molecular formula is C26H29F3N6O4S. The summed E-state index contributed by atoms with van der Waals surface area (Å²) in [5.74, 6) is 0.277. The molecule has 0 radical (unpaired) electrons. The van der Waals surface area contributed by atoms with Gasteiger partial charge in [0.25, 0.3) is 0 Å². The Morgan fingerprint density at radius 3 is 2.70 bits per heavy atom. The number of ether oxygens (including phenoxy) is 3. The average molecular weight is 579 g/mol. The second-order valence-corrected chi connectivity index (χ2v) is 10.3. The first-order chi connectivity index (χ1) is 19.4. The molecular weight excluding hydrogens is 549 g/mol. The lowest BCUT2D eigenvalue weighted by Crippen LogP contribution is -2.42. The fraction of sp³-hybridized carbons (Fsp3) is 0.423. The van der Waals surface area contributed by atoms with E-state index in [-0.39, 0.29) is 30.8 Å². The summed E-state index contributed by atoms with van der Waals surface area (Å²) in [6, 6.07) is 8.46. The number of hydrogen-bond acceptors (Lipinski definition) is 10. The highest BCUT2D eigenvalue weighted by Gasteiger charge is 2.32. The predicted octanol–water partition coefficient (Wildman–Crippen LogP) is 4.35. The number of aromatic nitrogens is 4. The summed E-state index contributed by atoms with van der Waals surface area (Å²) in [4.78, 5) is 0.974. The van der Waals surface area contributed by atoms with E-state index in [1.807, 2.05) is 6.07 Å². The normalized spacial score (nSPS) is 17.1. The maximum Gasteiger partial charge on any atom is 0.573 e. The van der Waals surface area contributed by atoms with Crippen LogP contribution in [-0.4, -0.2) is 70.3 Å². The first kappa shape index (κ1) is 28.1. The second-order valence-electron chi connectivity index (χ2n) is 9.49. The molecule has 40 heavy (non-hydrogen) atoms. The molecule has 0 spiro atoms. The number of alkyl halides is 3. The van der Waals surface area contributed by atoms with Crippen LogP contribution in [-0.2, 0) is 11.3 Å². The average Bonchev–Trinajstić information content (AvgIpc) is 3.59. The van der Waals surface area contributed by atoms with Crippen molar-refractivity contribution in [2.45, 2.75) is 31.8 Å². The first-order valence-electron chi connectivity index (χ1n) is 12.8. The summed E-state index contributed by atoms with van der Waals surface area (Å²) in [6.07, 6.45) is 0.560. The van der Waals surface area contributed by atoms with Crippen LogP contribution in [0.2, 0.25) is 0 Å². The number of nitrogens with one attached hydrogen (secondary N) is 3. The third-order valence-corrected chi connectivity index (χ3v) is 7.20. The van der Waals surface area contributed by atoms with Gasteiger partial charge in [0.2, 0.25) is 0 Å². The van der Waals surface area contributed by atoms with Crippen molar-refractivity contribution in [1.29, 1.82) is 0 Å². The van der Waals surface area contributed by atoms with E-state index in [2.05, 4.69) is 41.2 Å². The highest BCUT2D eigenvalue weighted by Crippen LogP contribution is 2.32. The van der Waals surface area contributed by atoms with Gasteiger partial charge in [0.05, 0.1) is 36.0 Å². The highest BCUT2D eigenvalue weighted by molar-refractivity contribution is 7.09. The van der Waals surface area contributed by atoms with E-state index < -0.39 is 6.36 Å². The smallest absolute Gasteiger partial charge is 0.491 e. The molecule has 1 fully saturated rings. The van der Waals surface area contributed by atoms with E-state index in [0.29, 0.717) is 37.8 Å². The van der Waals surface area contributed by atoms with Crippen LogP contribution in [0.5, 0.6) is 11.5 Å². The van der Waals surface area contributed by atoms with Crippen LogP contribution >= 0.6 is 11.5 Å². The van der Waals surface area contributed by atoms with Crippen molar-refractivity contribution in [1.82, 2.24) is 25.1 Å². The number of aliphatic hydroxyl groups excluding tert-OH is 1. The van der Waals surface area contributed by atoms with Crippen LogP contribution in [0.25, 0.3) is 21.3 Å². The quantitative estimate of drug-likeness (QED) is 0.162. The SMILES string of the molecule is OCCOc1cc(CNC2CC(COCCNc3cc(-c4cnns4)cc4[nH]ncc34)C2)cc(OC(F)(F)F)c1. The molecule has 214 valence electrons. The molecule has 0 unspecified atom stereocenters. The molecule has 14 heteroatoms. The lowest BCUT2D eigenvalue weighted by Gasteiger charge is -2.36. The number of hydrogen-bond donors (Lipinski definition) is 4. The van der Waals surface area contributed by atoms with E-state index in [4.69, 9.17) is 14.6 Å². The number of anilines is 1. The Morgan fingerprint density at radius 1 is 1.07 bits per heavy atom. The summed E-state index contributed by atoms with van der Waals surface area (Å²) in [5.41, 5.74) is 3.50. The highest BCUT2D eigenvalue weighted by atomic mass is 32.1. The van der Waals surface area contributed by atoms with Gasteiger partial charge in [0.15, 0.2) is 0 Å². The maximum absolute atomic E-state index is 12.7. The summed E-state index contributed by atoms with van der Waals surface area (Å²) in [6.45, 7) is 1.92. The molecule has 1 aliphatic carbocycles. The number of rotatable bonds is 14. The second kappa shape index (κ2) is 12.8. The molecule has 4 N–H and O–H groups in total. The molecule has 0 aliphatic heterocycles. The Morgan fingerprint density at radius 2 is 1.93 bits per heavy atom. The van der Waals surface area contributed by atoms with E-state index in [0.717, 1.165) is 45.9 Å². The minimum atomic E-state index is -4.80. The van der Waals surface area contributed by atoms with Gasteiger partial charge in [-0.3, -0.25) is 5.10 Å². The van der Waals surface area contributed by atoms with Gasteiger partial charge in [-0.25, -0.2) is 0 Å². The summed E-state index contributed by atoms with van der Waals surface area (Å²) < 4.78 is 57.2. The van der Waals surface area contributed by atoms with Crippen LogP contribution in [0.1, 0.15) is 18.4 Å². The van der Waals surface area contributed by atoms with Gasteiger partial charge in [0, 0.05) is 42.9 Å². The summed E-state index contributed by atoms with van der Waals surface area (Å²) in [7, 11) is 0. The number of H-pyrrole nitrogens is 1. The van der Waals surface area contributed by atoms with Crippen LogP contribution in [0, 0.1) is 5.92 Å². The Hall–Kier alpha value is -3.46. The molecule has 2 heterocycles. The first-order valence-corrected chi connectivity index (χ1v) is 13.6. The number of nitrogens with zero attached hydrogens (tertiary/aromatic N) is 3. The number of halogens is 3. The Labute approximate surface area is 232 Å². The minimum absolute atomic E-state index is 0.0210. The van der Waals surface area contributed by atoms with Crippen molar-refractivity contribution in [3.05, 3.63) is 48.3 Å². The van der Waals surface area contributed by atoms with Gasteiger partial charge in [0.1, 0.15) is 18.1 Å². The van der Waals surface area contributed by atoms with Crippen molar-refractivity contribution in [2.24, 2.45) is 5.92 Å². The Balaban J connectivity index is 1.03. The van der Waals surface area contributed by atoms with Gasteiger partial charge < -0.3 is 30.0 Å². The van der Waals surface area contributed by atoms with Crippen LogP contribution in [0.3, 0.4) is 0 Å².